The minimum atomic E-state index is -1.14. The third-order valence-corrected chi connectivity index (χ3v) is 2.59. The van der Waals surface area contributed by atoms with E-state index < -0.39 is 5.97 Å². The Morgan fingerprint density at radius 1 is 1.35 bits per heavy atom. The third-order valence-electron chi connectivity index (χ3n) is 2.59. The average molecular weight is 240 g/mol. The molecule has 1 heterocycles. The number of carboxylic acid groups (broad SMARTS) is 1. The van der Waals surface area contributed by atoms with Gasteiger partial charge in [0, 0.05) is 13.1 Å². The summed E-state index contributed by atoms with van der Waals surface area (Å²) in [6.07, 6.45) is 0. The predicted molar refractivity (Wildman–Crippen MR) is 59.6 cm³/mol. The van der Waals surface area contributed by atoms with E-state index in [0.29, 0.717) is 18.8 Å². The lowest BCUT2D eigenvalue weighted by atomic mass is 10.3. The standard InChI is InChI=1S/C10H16N4O3/c1-4-13(5-2)8(15)6-14-7(3)9(10(16)17)11-12-14/h4-6H2,1-3H3,(H,16,17). The molecule has 1 aromatic rings. The SMILES string of the molecule is CCN(CC)C(=O)Cn1nnc(C(=O)O)c1C. The molecule has 0 saturated carbocycles. The van der Waals surface area contributed by atoms with E-state index in [0.717, 1.165) is 0 Å². The zero-order valence-electron chi connectivity index (χ0n) is 10.2. The quantitative estimate of drug-likeness (QED) is 0.791. The van der Waals surface area contributed by atoms with Gasteiger partial charge in [-0.3, -0.25) is 4.79 Å². The van der Waals surface area contributed by atoms with Crippen LogP contribution in [0.3, 0.4) is 0 Å². The molecule has 7 heteroatoms. The molecule has 0 aromatic carbocycles. The largest absolute Gasteiger partial charge is 0.476 e. The van der Waals surface area contributed by atoms with Crippen LogP contribution in [0.2, 0.25) is 0 Å². The fourth-order valence-corrected chi connectivity index (χ4v) is 1.51. The molecule has 0 unspecified atom stereocenters. The summed E-state index contributed by atoms with van der Waals surface area (Å²) in [5.41, 5.74) is 0.273. The van der Waals surface area contributed by atoms with Crippen molar-refractivity contribution in [3.05, 3.63) is 11.4 Å². The van der Waals surface area contributed by atoms with E-state index >= 15 is 0 Å². The minimum absolute atomic E-state index is 0.0216. The van der Waals surface area contributed by atoms with Crippen LogP contribution in [0.15, 0.2) is 0 Å². The second-order valence-corrected chi connectivity index (χ2v) is 3.55. The zero-order valence-corrected chi connectivity index (χ0v) is 10.2. The van der Waals surface area contributed by atoms with Gasteiger partial charge < -0.3 is 10.0 Å². The van der Waals surface area contributed by atoms with E-state index in [1.54, 1.807) is 11.8 Å². The summed E-state index contributed by atoms with van der Waals surface area (Å²) < 4.78 is 1.31. The van der Waals surface area contributed by atoms with Gasteiger partial charge in [0.25, 0.3) is 0 Å². The van der Waals surface area contributed by atoms with Crippen molar-refractivity contribution in [3.8, 4) is 0 Å². The van der Waals surface area contributed by atoms with E-state index in [1.807, 2.05) is 13.8 Å². The van der Waals surface area contributed by atoms with E-state index in [9.17, 15) is 9.59 Å². The Kier molecular flexibility index (Phi) is 4.19. The van der Waals surface area contributed by atoms with E-state index in [4.69, 9.17) is 5.11 Å². The fraction of sp³-hybridized carbons (Fsp3) is 0.600. The van der Waals surface area contributed by atoms with Crippen LogP contribution in [0.25, 0.3) is 0 Å². The van der Waals surface area contributed by atoms with Crippen molar-refractivity contribution in [1.29, 1.82) is 0 Å². The number of carboxylic acids is 1. The van der Waals surface area contributed by atoms with Crippen LogP contribution >= 0.6 is 0 Å². The van der Waals surface area contributed by atoms with Gasteiger partial charge in [-0.15, -0.1) is 5.10 Å². The van der Waals surface area contributed by atoms with Crippen molar-refractivity contribution < 1.29 is 14.7 Å². The Hall–Kier alpha value is -1.92. The number of carbonyl (C=O) groups is 2. The maximum Gasteiger partial charge on any atom is 0.358 e. The molecule has 0 aliphatic carbocycles. The number of likely N-dealkylation sites (N-methyl/N-ethyl adjacent to an activating group) is 1. The van der Waals surface area contributed by atoms with E-state index in [1.165, 1.54) is 4.68 Å². The molecule has 17 heavy (non-hydrogen) atoms. The number of amides is 1. The molecule has 1 N–H and O–H groups in total. The lowest BCUT2D eigenvalue weighted by molar-refractivity contribution is -0.131. The second kappa shape index (κ2) is 5.42. The number of aromatic nitrogens is 3. The summed E-state index contributed by atoms with van der Waals surface area (Å²) in [4.78, 5) is 24.2. The molecule has 0 aliphatic rings. The van der Waals surface area contributed by atoms with Gasteiger partial charge in [-0.25, -0.2) is 9.48 Å². The van der Waals surface area contributed by atoms with Crippen LogP contribution in [-0.4, -0.2) is 50.0 Å². The first-order valence-electron chi connectivity index (χ1n) is 5.42. The Morgan fingerprint density at radius 2 is 1.94 bits per heavy atom. The summed E-state index contributed by atoms with van der Waals surface area (Å²) in [6.45, 7) is 6.62. The lowest BCUT2D eigenvalue weighted by Gasteiger charge is -2.18. The molecule has 0 spiro atoms. The molecule has 0 saturated heterocycles. The summed E-state index contributed by atoms with van der Waals surface area (Å²) in [7, 11) is 0. The van der Waals surface area contributed by atoms with E-state index in [2.05, 4.69) is 10.3 Å². The summed E-state index contributed by atoms with van der Waals surface area (Å²) in [6, 6.07) is 0. The first-order chi connectivity index (χ1) is 8.01. The molecule has 0 aliphatic heterocycles. The molecule has 0 fully saturated rings. The van der Waals surface area contributed by atoms with Gasteiger partial charge in [-0.1, -0.05) is 5.21 Å². The molecule has 94 valence electrons. The lowest BCUT2D eigenvalue weighted by Crippen LogP contribution is -2.34. The molecule has 1 aromatic heterocycles. The molecule has 7 nitrogen and oxygen atoms in total. The average Bonchev–Trinajstić information content (AvgIpc) is 2.62. The van der Waals surface area contributed by atoms with Crippen molar-refractivity contribution in [2.24, 2.45) is 0 Å². The van der Waals surface area contributed by atoms with Crippen molar-refractivity contribution in [3.63, 3.8) is 0 Å². The first kappa shape index (κ1) is 13.1. The molecular weight excluding hydrogens is 224 g/mol. The predicted octanol–water partition coefficient (Wildman–Crippen LogP) is 0.153. The van der Waals surface area contributed by atoms with Gasteiger partial charge in [0.1, 0.15) is 6.54 Å². The highest BCUT2D eigenvalue weighted by atomic mass is 16.4. The maximum atomic E-state index is 11.8. The first-order valence-corrected chi connectivity index (χ1v) is 5.42. The van der Waals surface area contributed by atoms with Crippen molar-refractivity contribution in [1.82, 2.24) is 19.9 Å². The number of hydrogen-bond acceptors (Lipinski definition) is 4. The van der Waals surface area contributed by atoms with Gasteiger partial charge in [0.05, 0.1) is 5.69 Å². The highest BCUT2D eigenvalue weighted by molar-refractivity contribution is 5.86. The van der Waals surface area contributed by atoms with Crippen molar-refractivity contribution in [2.75, 3.05) is 13.1 Å². The highest BCUT2D eigenvalue weighted by Gasteiger charge is 2.18. The van der Waals surface area contributed by atoms with Crippen LogP contribution in [-0.2, 0) is 11.3 Å². The van der Waals surface area contributed by atoms with Gasteiger partial charge >= 0.3 is 5.97 Å². The van der Waals surface area contributed by atoms with Gasteiger partial charge in [0.2, 0.25) is 5.91 Å². The normalized spacial score (nSPS) is 10.3. The van der Waals surface area contributed by atoms with Crippen LogP contribution in [0, 0.1) is 6.92 Å². The second-order valence-electron chi connectivity index (χ2n) is 3.55. The van der Waals surface area contributed by atoms with Crippen LogP contribution < -0.4 is 0 Å². The molecule has 0 radical (unpaired) electrons. The topological polar surface area (TPSA) is 88.3 Å². The fourth-order valence-electron chi connectivity index (χ4n) is 1.51. The van der Waals surface area contributed by atoms with Crippen molar-refractivity contribution >= 4 is 11.9 Å². The van der Waals surface area contributed by atoms with Gasteiger partial charge in [-0.2, -0.15) is 0 Å². The summed E-state index contributed by atoms with van der Waals surface area (Å²) >= 11 is 0. The number of carbonyl (C=O) groups excluding carboxylic acids is 1. The van der Waals surface area contributed by atoms with Crippen LogP contribution in [0.1, 0.15) is 30.0 Å². The Balaban J connectivity index is 2.82. The smallest absolute Gasteiger partial charge is 0.358 e. The number of nitrogens with zero attached hydrogens (tertiary/aromatic N) is 4. The number of rotatable bonds is 5. The molecule has 1 amide bonds. The molecule has 0 atom stereocenters. The Labute approximate surface area is 99.0 Å². The Bertz CT molecular complexity index is 423. The Morgan fingerprint density at radius 3 is 2.35 bits per heavy atom. The van der Waals surface area contributed by atoms with Crippen LogP contribution in [0.4, 0.5) is 0 Å². The highest BCUT2D eigenvalue weighted by Crippen LogP contribution is 2.04. The van der Waals surface area contributed by atoms with Crippen molar-refractivity contribution in [2.45, 2.75) is 27.3 Å². The van der Waals surface area contributed by atoms with Gasteiger partial charge in [0.15, 0.2) is 5.69 Å². The monoisotopic (exact) mass is 240 g/mol. The minimum Gasteiger partial charge on any atom is -0.476 e. The number of aromatic carboxylic acids is 1. The molecule has 1 rings (SSSR count). The van der Waals surface area contributed by atoms with Crippen LogP contribution in [0.5, 0.6) is 0 Å². The molecule has 0 bridgehead atoms. The number of hydrogen-bond donors (Lipinski definition) is 1. The molecular formula is C10H16N4O3. The van der Waals surface area contributed by atoms with E-state index in [-0.39, 0.29) is 18.1 Å². The van der Waals surface area contributed by atoms with Gasteiger partial charge in [-0.05, 0) is 20.8 Å². The summed E-state index contributed by atoms with van der Waals surface area (Å²) in [5, 5.41) is 16.0. The third kappa shape index (κ3) is 2.80. The summed E-state index contributed by atoms with van der Waals surface area (Å²) in [5.74, 6) is -1.23. The maximum absolute atomic E-state index is 11.8. The zero-order chi connectivity index (χ0) is 13.0.